The van der Waals surface area contributed by atoms with E-state index in [4.69, 9.17) is 9.47 Å². The molecule has 1 aromatic rings. The quantitative estimate of drug-likeness (QED) is 0.679. The molecule has 0 saturated heterocycles. The minimum absolute atomic E-state index is 0.350. The van der Waals surface area contributed by atoms with Crippen LogP contribution in [0, 0.1) is 0 Å². The molecule has 0 aliphatic rings. The molecule has 0 amide bonds. The van der Waals surface area contributed by atoms with Crippen molar-refractivity contribution >= 4 is 5.82 Å². The Balaban J connectivity index is 2.59. The fraction of sp³-hybridized carbons (Fsp3) is 0.688. The lowest BCUT2D eigenvalue weighted by Gasteiger charge is -2.28. The number of ether oxygens (including phenoxy) is 2. The van der Waals surface area contributed by atoms with Crippen molar-refractivity contribution in [3.63, 3.8) is 0 Å². The summed E-state index contributed by atoms with van der Waals surface area (Å²) in [4.78, 5) is 6.80. The first kappa shape index (κ1) is 17.9. The van der Waals surface area contributed by atoms with Gasteiger partial charge in [-0.2, -0.15) is 0 Å². The van der Waals surface area contributed by atoms with Gasteiger partial charge in [0, 0.05) is 46.1 Å². The molecule has 1 unspecified atom stereocenters. The molecule has 0 spiro atoms. The average Bonchev–Trinajstić information content (AvgIpc) is 2.50. The van der Waals surface area contributed by atoms with Gasteiger partial charge in [-0.1, -0.05) is 13.0 Å². The smallest absolute Gasteiger partial charge is 0.125 e. The van der Waals surface area contributed by atoms with Gasteiger partial charge in [0.15, 0.2) is 0 Å². The minimum Gasteiger partial charge on any atom is -0.383 e. The summed E-state index contributed by atoms with van der Waals surface area (Å²) in [5.74, 6) is 0.939. The molecule has 120 valence electrons. The Hall–Kier alpha value is -1.17. The molecule has 1 aromatic heterocycles. The minimum atomic E-state index is 0.350. The molecule has 0 saturated carbocycles. The average molecular weight is 295 g/mol. The first-order chi connectivity index (χ1) is 10.2. The summed E-state index contributed by atoms with van der Waals surface area (Å²) in [6.07, 6.45) is 3.04. The van der Waals surface area contributed by atoms with Crippen LogP contribution in [0.3, 0.4) is 0 Å². The standard InChI is InChI=1S/C16H29N3O2/c1-5-8-17-16-7-6-15(11-18-16)12-19(9-10-20-3)14(2)13-21-4/h6-7,11,14H,5,8-10,12-13H2,1-4H3,(H,17,18). The highest BCUT2D eigenvalue weighted by Gasteiger charge is 2.14. The Labute approximate surface area is 128 Å². The molecular formula is C16H29N3O2. The zero-order valence-electron chi connectivity index (χ0n) is 13.8. The number of methoxy groups -OCH3 is 2. The second kappa shape index (κ2) is 10.5. The maximum atomic E-state index is 5.26. The van der Waals surface area contributed by atoms with Gasteiger partial charge in [0.05, 0.1) is 13.2 Å². The predicted molar refractivity (Wildman–Crippen MR) is 86.6 cm³/mol. The van der Waals surface area contributed by atoms with Crippen molar-refractivity contribution in [1.29, 1.82) is 0 Å². The highest BCUT2D eigenvalue weighted by Crippen LogP contribution is 2.10. The number of aromatic nitrogens is 1. The van der Waals surface area contributed by atoms with Gasteiger partial charge in [0.25, 0.3) is 0 Å². The Bertz CT molecular complexity index is 370. The largest absolute Gasteiger partial charge is 0.383 e. The molecular weight excluding hydrogens is 266 g/mol. The predicted octanol–water partition coefficient (Wildman–Crippen LogP) is 2.39. The summed E-state index contributed by atoms with van der Waals surface area (Å²) in [6.45, 7) is 8.45. The maximum absolute atomic E-state index is 5.26. The monoisotopic (exact) mass is 295 g/mol. The van der Waals surface area contributed by atoms with Gasteiger partial charge in [-0.3, -0.25) is 4.90 Å². The number of anilines is 1. The molecule has 0 aliphatic heterocycles. The molecule has 5 nitrogen and oxygen atoms in total. The molecule has 1 atom stereocenters. The second-order valence-corrected chi connectivity index (χ2v) is 5.25. The van der Waals surface area contributed by atoms with Crippen LogP contribution in [-0.2, 0) is 16.0 Å². The lowest BCUT2D eigenvalue weighted by Crippen LogP contribution is -2.38. The zero-order chi connectivity index (χ0) is 15.5. The summed E-state index contributed by atoms with van der Waals surface area (Å²) >= 11 is 0. The molecule has 1 heterocycles. The summed E-state index contributed by atoms with van der Waals surface area (Å²) in [5.41, 5.74) is 1.20. The fourth-order valence-corrected chi connectivity index (χ4v) is 2.12. The molecule has 0 radical (unpaired) electrons. The van der Waals surface area contributed by atoms with Gasteiger partial charge >= 0.3 is 0 Å². The molecule has 0 bridgehead atoms. The van der Waals surface area contributed by atoms with E-state index < -0.39 is 0 Å². The summed E-state index contributed by atoms with van der Waals surface area (Å²) < 4.78 is 10.5. The van der Waals surface area contributed by atoms with E-state index in [1.165, 1.54) is 5.56 Å². The molecule has 5 heteroatoms. The van der Waals surface area contributed by atoms with Gasteiger partial charge < -0.3 is 14.8 Å². The highest BCUT2D eigenvalue weighted by atomic mass is 16.5. The van der Waals surface area contributed by atoms with Crippen molar-refractivity contribution in [1.82, 2.24) is 9.88 Å². The van der Waals surface area contributed by atoms with Crippen molar-refractivity contribution in [2.75, 3.05) is 45.8 Å². The first-order valence-electron chi connectivity index (χ1n) is 7.62. The number of hydrogen-bond donors (Lipinski definition) is 1. The van der Waals surface area contributed by atoms with Crippen LogP contribution in [0.1, 0.15) is 25.8 Å². The van der Waals surface area contributed by atoms with Crippen LogP contribution in [0.25, 0.3) is 0 Å². The summed E-state index contributed by atoms with van der Waals surface area (Å²) in [6, 6.07) is 4.52. The SMILES string of the molecule is CCCNc1ccc(CN(CCOC)C(C)COC)cn1. The van der Waals surface area contributed by atoms with Gasteiger partial charge in [-0.25, -0.2) is 4.98 Å². The van der Waals surface area contributed by atoms with E-state index in [9.17, 15) is 0 Å². The van der Waals surface area contributed by atoms with E-state index in [1.54, 1.807) is 14.2 Å². The third-order valence-electron chi connectivity index (χ3n) is 3.38. The lowest BCUT2D eigenvalue weighted by molar-refractivity contribution is 0.0704. The molecule has 0 fully saturated rings. The Morgan fingerprint density at radius 3 is 2.67 bits per heavy atom. The van der Waals surface area contributed by atoms with E-state index in [-0.39, 0.29) is 0 Å². The molecule has 1 N–H and O–H groups in total. The number of nitrogens with one attached hydrogen (secondary N) is 1. The summed E-state index contributed by atoms with van der Waals surface area (Å²) in [5, 5.41) is 3.29. The van der Waals surface area contributed by atoms with Crippen LogP contribution in [0.5, 0.6) is 0 Å². The van der Waals surface area contributed by atoms with Gasteiger partial charge in [0.2, 0.25) is 0 Å². The first-order valence-corrected chi connectivity index (χ1v) is 7.62. The third kappa shape index (κ3) is 6.89. The van der Waals surface area contributed by atoms with Crippen molar-refractivity contribution in [2.24, 2.45) is 0 Å². The van der Waals surface area contributed by atoms with E-state index in [2.05, 4.69) is 35.1 Å². The van der Waals surface area contributed by atoms with Crippen LogP contribution in [-0.4, -0.2) is 56.4 Å². The molecule has 21 heavy (non-hydrogen) atoms. The van der Waals surface area contributed by atoms with Crippen molar-refractivity contribution in [3.8, 4) is 0 Å². The zero-order valence-corrected chi connectivity index (χ0v) is 13.8. The van der Waals surface area contributed by atoms with Crippen LogP contribution >= 0.6 is 0 Å². The van der Waals surface area contributed by atoms with E-state index in [1.807, 2.05) is 12.3 Å². The van der Waals surface area contributed by atoms with Gasteiger partial charge in [-0.15, -0.1) is 0 Å². The fourth-order valence-electron chi connectivity index (χ4n) is 2.12. The topological polar surface area (TPSA) is 46.6 Å². The second-order valence-electron chi connectivity index (χ2n) is 5.25. The maximum Gasteiger partial charge on any atom is 0.125 e. The van der Waals surface area contributed by atoms with E-state index >= 15 is 0 Å². The summed E-state index contributed by atoms with van der Waals surface area (Å²) in [7, 11) is 3.47. The van der Waals surface area contributed by atoms with E-state index in [0.717, 1.165) is 38.5 Å². The number of nitrogens with zero attached hydrogens (tertiary/aromatic N) is 2. The number of rotatable bonds is 11. The van der Waals surface area contributed by atoms with Crippen molar-refractivity contribution in [3.05, 3.63) is 23.9 Å². The van der Waals surface area contributed by atoms with Crippen LogP contribution in [0.4, 0.5) is 5.82 Å². The van der Waals surface area contributed by atoms with Crippen LogP contribution in [0.15, 0.2) is 18.3 Å². The van der Waals surface area contributed by atoms with Gasteiger partial charge in [0.1, 0.15) is 5.82 Å². The molecule has 1 rings (SSSR count). The normalized spacial score (nSPS) is 12.6. The third-order valence-corrected chi connectivity index (χ3v) is 3.38. The molecule has 0 aromatic carbocycles. The Morgan fingerprint density at radius 2 is 2.10 bits per heavy atom. The van der Waals surface area contributed by atoms with Crippen LogP contribution < -0.4 is 5.32 Å². The van der Waals surface area contributed by atoms with E-state index in [0.29, 0.717) is 12.6 Å². The number of hydrogen-bond acceptors (Lipinski definition) is 5. The van der Waals surface area contributed by atoms with Crippen LogP contribution in [0.2, 0.25) is 0 Å². The highest BCUT2D eigenvalue weighted by molar-refractivity contribution is 5.35. The van der Waals surface area contributed by atoms with Crippen molar-refractivity contribution in [2.45, 2.75) is 32.9 Å². The molecule has 0 aliphatic carbocycles. The van der Waals surface area contributed by atoms with Gasteiger partial charge in [-0.05, 0) is 25.0 Å². The number of pyridine rings is 1. The Morgan fingerprint density at radius 1 is 1.29 bits per heavy atom. The van der Waals surface area contributed by atoms with Crippen molar-refractivity contribution < 1.29 is 9.47 Å². The Kier molecular flexibility index (Phi) is 8.98. The lowest BCUT2D eigenvalue weighted by atomic mass is 10.2.